The zero-order valence-electron chi connectivity index (χ0n) is 9.65. The van der Waals surface area contributed by atoms with Gasteiger partial charge in [-0.15, -0.1) is 0 Å². The Hall–Kier alpha value is -1.44. The molecule has 0 aliphatic carbocycles. The minimum Gasteiger partial charge on any atom is -0.322 e. The van der Waals surface area contributed by atoms with Crippen LogP contribution in [0, 0.1) is 0 Å². The van der Waals surface area contributed by atoms with E-state index in [0.29, 0.717) is 16.9 Å². The molecule has 0 aliphatic heterocycles. The number of hydrogen-bond acceptors (Lipinski definition) is 4. The number of pyridine rings is 1. The van der Waals surface area contributed by atoms with Gasteiger partial charge in [-0.05, 0) is 40.2 Å². The normalized spacial score (nSPS) is 10.1. The van der Waals surface area contributed by atoms with Gasteiger partial charge in [0.15, 0.2) is 0 Å². The molecule has 7 heteroatoms. The van der Waals surface area contributed by atoms with Gasteiger partial charge in [-0.2, -0.15) is 0 Å². The average molecular weight is 386 g/mol. The topological polar surface area (TPSA) is 80.0 Å². The molecule has 2 aromatic rings. The van der Waals surface area contributed by atoms with Crippen molar-refractivity contribution >= 4 is 49.1 Å². The van der Waals surface area contributed by atoms with E-state index in [0.717, 1.165) is 8.95 Å². The maximum absolute atomic E-state index is 12.2. The number of carbonyl (C=O) groups excluding carboxylic acids is 1. The van der Waals surface area contributed by atoms with Crippen LogP contribution < -0.4 is 16.6 Å². The second-order valence-corrected chi connectivity index (χ2v) is 5.41. The molecule has 0 aliphatic rings. The molecular weight excluding hydrogens is 376 g/mol. The highest BCUT2D eigenvalue weighted by atomic mass is 79.9. The van der Waals surface area contributed by atoms with Crippen molar-refractivity contribution in [1.82, 2.24) is 4.98 Å². The standard InChI is InChI=1S/C12H10Br2N4O/c13-7-1-2-10(9(14)5-7)17-12(19)8-3-4-16-6-11(8)18-15/h1-6,18H,15H2,(H,17,19). The first-order valence-electron chi connectivity index (χ1n) is 5.29. The Bertz CT molecular complexity index is 618. The molecule has 0 saturated carbocycles. The number of halogens is 2. The van der Waals surface area contributed by atoms with E-state index < -0.39 is 0 Å². The molecule has 0 radical (unpaired) electrons. The molecule has 0 fully saturated rings. The van der Waals surface area contributed by atoms with E-state index in [1.807, 2.05) is 12.1 Å². The average Bonchev–Trinajstić information content (AvgIpc) is 2.41. The molecule has 0 spiro atoms. The molecule has 1 amide bonds. The number of hydrogen-bond donors (Lipinski definition) is 3. The summed E-state index contributed by atoms with van der Waals surface area (Å²) in [7, 11) is 0. The Morgan fingerprint density at radius 2 is 2.00 bits per heavy atom. The van der Waals surface area contributed by atoms with Crippen LogP contribution in [-0.2, 0) is 0 Å². The molecule has 1 aromatic carbocycles. The molecule has 5 nitrogen and oxygen atoms in total. The Morgan fingerprint density at radius 3 is 2.68 bits per heavy atom. The molecule has 98 valence electrons. The van der Waals surface area contributed by atoms with Crippen LogP contribution in [0.25, 0.3) is 0 Å². The lowest BCUT2D eigenvalue weighted by Crippen LogP contribution is -2.17. The van der Waals surface area contributed by atoms with Gasteiger partial charge in [0.05, 0.1) is 23.1 Å². The molecule has 1 heterocycles. The van der Waals surface area contributed by atoms with Gasteiger partial charge >= 0.3 is 0 Å². The molecule has 4 N–H and O–H groups in total. The maximum atomic E-state index is 12.2. The van der Waals surface area contributed by atoms with Crippen molar-refractivity contribution in [2.45, 2.75) is 0 Å². The molecule has 0 saturated heterocycles. The van der Waals surface area contributed by atoms with Gasteiger partial charge in [-0.3, -0.25) is 15.6 Å². The van der Waals surface area contributed by atoms with E-state index in [1.165, 1.54) is 12.4 Å². The quantitative estimate of drug-likeness (QED) is 0.560. The van der Waals surface area contributed by atoms with Gasteiger partial charge in [0, 0.05) is 15.1 Å². The molecule has 19 heavy (non-hydrogen) atoms. The number of nitrogens with two attached hydrogens (primary N) is 1. The summed E-state index contributed by atoms with van der Waals surface area (Å²) in [5.74, 6) is 5.08. The molecule has 0 unspecified atom stereocenters. The van der Waals surface area contributed by atoms with Crippen molar-refractivity contribution in [2.24, 2.45) is 5.84 Å². The summed E-state index contributed by atoms with van der Waals surface area (Å²) in [6.45, 7) is 0. The largest absolute Gasteiger partial charge is 0.322 e. The number of carbonyl (C=O) groups is 1. The van der Waals surface area contributed by atoms with Gasteiger partial charge in [-0.1, -0.05) is 15.9 Å². The van der Waals surface area contributed by atoms with E-state index in [1.54, 1.807) is 12.1 Å². The van der Waals surface area contributed by atoms with Crippen molar-refractivity contribution in [3.8, 4) is 0 Å². The summed E-state index contributed by atoms with van der Waals surface area (Å²) in [6.07, 6.45) is 3.03. The van der Waals surface area contributed by atoms with Crippen LogP contribution >= 0.6 is 31.9 Å². The third-order valence-corrected chi connectivity index (χ3v) is 3.55. The monoisotopic (exact) mass is 384 g/mol. The molecule has 1 aromatic heterocycles. The van der Waals surface area contributed by atoms with Gasteiger partial charge in [0.2, 0.25) is 0 Å². The van der Waals surface area contributed by atoms with Crippen molar-refractivity contribution in [3.63, 3.8) is 0 Å². The number of aromatic nitrogens is 1. The maximum Gasteiger partial charge on any atom is 0.257 e. The van der Waals surface area contributed by atoms with Crippen LogP contribution in [0.15, 0.2) is 45.6 Å². The fraction of sp³-hybridized carbons (Fsp3) is 0. The first-order valence-corrected chi connectivity index (χ1v) is 6.87. The first-order chi connectivity index (χ1) is 9.11. The Balaban J connectivity index is 2.26. The van der Waals surface area contributed by atoms with Crippen LogP contribution in [0.2, 0.25) is 0 Å². The third-order valence-electron chi connectivity index (χ3n) is 2.40. The first kappa shape index (κ1) is 14.0. The van der Waals surface area contributed by atoms with Crippen molar-refractivity contribution < 1.29 is 4.79 Å². The second-order valence-electron chi connectivity index (χ2n) is 3.64. The molecule has 0 atom stereocenters. The number of nitrogen functional groups attached to an aromatic ring is 1. The Morgan fingerprint density at radius 1 is 1.21 bits per heavy atom. The van der Waals surface area contributed by atoms with Gasteiger partial charge < -0.3 is 10.7 Å². The number of amides is 1. The van der Waals surface area contributed by atoms with E-state index in [9.17, 15) is 4.79 Å². The zero-order valence-corrected chi connectivity index (χ0v) is 12.8. The summed E-state index contributed by atoms with van der Waals surface area (Å²) < 4.78 is 1.71. The summed E-state index contributed by atoms with van der Waals surface area (Å²) in [4.78, 5) is 16.1. The zero-order chi connectivity index (χ0) is 13.8. The highest BCUT2D eigenvalue weighted by molar-refractivity contribution is 9.11. The van der Waals surface area contributed by atoms with Crippen molar-refractivity contribution in [2.75, 3.05) is 10.7 Å². The Labute approximate surface area is 126 Å². The fourth-order valence-electron chi connectivity index (χ4n) is 1.49. The minimum absolute atomic E-state index is 0.265. The fourth-order valence-corrected chi connectivity index (χ4v) is 2.63. The van der Waals surface area contributed by atoms with Crippen LogP contribution in [0.4, 0.5) is 11.4 Å². The smallest absolute Gasteiger partial charge is 0.257 e. The lowest BCUT2D eigenvalue weighted by Gasteiger charge is -2.10. The number of nitrogens with zero attached hydrogens (tertiary/aromatic N) is 1. The van der Waals surface area contributed by atoms with Gasteiger partial charge in [0.25, 0.3) is 5.91 Å². The van der Waals surface area contributed by atoms with Crippen LogP contribution in [0.3, 0.4) is 0 Å². The number of anilines is 2. The number of benzene rings is 1. The number of rotatable bonds is 3. The van der Waals surface area contributed by atoms with Gasteiger partial charge in [-0.25, -0.2) is 0 Å². The number of nitrogens with one attached hydrogen (secondary N) is 2. The van der Waals surface area contributed by atoms with Crippen LogP contribution in [0.1, 0.15) is 10.4 Å². The van der Waals surface area contributed by atoms with Gasteiger partial charge in [0.1, 0.15) is 0 Å². The predicted octanol–water partition coefficient (Wildman–Crippen LogP) is 3.14. The van der Waals surface area contributed by atoms with Crippen molar-refractivity contribution in [1.29, 1.82) is 0 Å². The van der Waals surface area contributed by atoms with Crippen molar-refractivity contribution in [3.05, 3.63) is 51.2 Å². The summed E-state index contributed by atoms with van der Waals surface area (Å²) in [6, 6.07) is 7.08. The predicted molar refractivity (Wildman–Crippen MR) is 81.8 cm³/mol. The highest BCUT2D eigenvalue weighted by Gasteiger charge is 2.12. The van der Waals surface area contributed by atoms with E-state index in [2.05, 4.69) is 47.6 Å². The molecule has 0 bridgehead atoms. The summed E-state index contributed by atoms with van der Waals surface area (Å²) in [5.41, 5.74) is 4.01. The lowest BCUT2D eigenvalue weighted by molar-refractivity contribution is 0.102. The molecule has 2 rings (SSSR count). The summed E-state index contributed by atoms with van der Waals surface area (Å²) >= 11 is 6.74. The van der Waals surface area contributed by atoms with Crippen LogP contribution in [-0.4, -0.2) is 10.9 Å². The third kappa shape index (κ3) is 3.31. The van der Waals surface area contributed by atoms with Crippen LogP contribution in [0.5, 0.6) is 0 Å². The minimum atomic E-state index is -0.265. The Kier molecular flexibility index (Phi) is 4.52. The van der Waals surface area contributed by atoms with E-state index in [4.69, 9.17) is 5.84 Å². The SMILES string of the molecule is NNc1cnccc1C(=O)Nc1ccc(Br)cc1Br. The number of hydrazine groups is 1. The highest BCUT2D eigenvalue weighted by Crippen LogP contribution is 2.27. The summed E-state index contributed by atoms with van der Waals surface area (Å²) in [5, 5.41) is 2.80. The second kappa shape index (κ2) is 6.14. The lowest BCUT2D eigenvalue weighted by atomic mass is 10.2. The molecular formula is C12H10Br2N4O. The van der Waals surface area contributed by atoms with E-state index in [-0.39, 0.29) is 5.91 Å². The van der Waals surface area contributed by atoms with E-state index >= 15 is 0 Å².